The number of nitrogen functional groups attached to an aromatic ring is 1. The van der Waals surface area contributed by atoms with E-state index < -0.39 is 11.6 Å². The fourth-order valence-corrected chi connectivity index (χ4v) is 2.96. The first-order valence-electron chi connectivity index (χ1n) is 8.16. The van der Waals surface area contributed by atoms with E-state index in [4.69, 9.17) is 10.5 Å². The number of ether oxygens (including phenoxy) is 1. The molecule has 0 bridgehead atoms. The van der Waals surface area contributed by atoms with Gasteiger partial charge in [-0.25, -0.2) is 8.78 Å². The van der Waals surface area contributed by atoms with Crippen LogP contribution in [0.1, 0.15) is 0 Å². The summed E-state index contributed by atoms with van der Waals surface area (Å²) >= 11 is 0. The van der Waals surface area contributed by atoms with Gasteiger partial charge in [0.15, 0.2) is 11.6 Å². The Hall–Kier alpha value is -3.67. The number of pyridine rings is 1. The number of H-pyrrole nitrogens is 1. The maximum atomic E-state index is 14.0. The summed E-state index contributed by atoms with van der Waals surface area (Å²) in [6, 6.07) is 15.1. The van der Waals surface area contributed by atoms with Gasteiger partial charge in [-0.3, -0.25) is 4.79 Å². The van der Waals surface area contributed by atoms with Crippen LogP contribution in [0.2, 0.25) is 0 Å². The van der Waals surface area contributed by atoms with Crippen molar-refractivity contribution >= 4 is 16.5 Å². The van der Waals surface area contributed by atoms with Gasteiger partial charge in [-0.1, -0.05) is 18.2 Å². The van der Waals surface area contributed by atoms with E-state index >= 15 is 0 Å². The molecule has 0 spiro atoms. The van der Waals surface area contributed by atoms with Crippen molar-refractivity contribution in [3.8, 4) is 22.6 Å². The van der Waals surface area contributed by atoms with Crippen LogP contribution in [-0.4, -0.2) is 4.98 Å². The van der Waals surface area contributed by atoms with E-state index in [2.05, 4.69) is 4.98 Å². The van der Waals surface area contributed by atoms with Gasteiger partial charge in [-0.15, -0.1) is 0 Å². The monoisotopic (exact) mass is 364 g/mol. The number of nitrogens with two attached hydrogens (primary N) is 1. The number of rotatable bonds is 3. The van der Waals surface area contributed by atoms with Crippen LogP contribution in [0, 0.1) is 11.6 Å². The molecule has 0 saturated carbocycles. The van der Waals surface area contributed by atoms with Crippen LogP contribution in [0.3, 0.4) is 0 Å². The van der Waals surface area contributed by atoms with Gasteiger partial charge in [0.2, 0.25) is 0 Å². The molecule has 4 rings (SSSR count). The zero-order valence-corrected chi connectivity index (χ0v) is 14.0. The zero-order valence-electron chi connectivity index (χ0n) is 14.0. The molecule has 0 radical (unpaired) electrons. The predicted molar refractivity (Wildman–Crippen MR) is 101 cm³/mol. The topological polar surface area (TPSA) is 68.1 Å². The van der Waals surface area contributed by atoms with Crippen molar-refractivity contribution in [3.63, 3.8) is 0 Å². The van der Waals surface area contributed by atoms with Gasteiger partial charge in [-0.05, 0) is 41.8 Å². The van der Waals surface area contributed by atoms with Gasteiger partial charge in [0.1, 0.15) is 11.6 Å². The van der Waals surface area contributed by atoms with Crippen LogP contribution >= 0.6 is 0 Å². The molecule has 0 unspecified atom stereocenters. The SMILES string of the molecule is Nc1ccc(Oc2ccc(F)cc2F)c(-c2c[nH]c(=O)c3ccccc23)c1. The predicted octanol–water partition coefficient (Wildman–Crippen LogP) is 4.85. The highest BCUT2D eigenvalue weighted by Crippen LogP contribution is 2.38. The quantitative estimate of drug-likeness (QED) is 0.511. The van der Waals surface area contributed by atoms with E-state index in [-0.39, 0.29) is 11.3 Å². The Balaban J connectivity index is 1.91. The summed E-state index contributed by atoms with van der Waals surface area (Å²) in [5.41, 5.74) is 7.44. The van der Waals surface area contributed by atoms with Crippen molar-refractivity contribution in [1.82, 2.24) is 4.98 Å². The minimum absolute atomic E-state index is 0.115. The van der Waals surface area contributed by atoms with Crippen molar-refractivity contribution in [3.05, 3.63) is 88.8 Å². The highest BCUT2D eigenvalue weighted by Gasteiger charge is 2.14. The van der Waals surface area contributed by atoms with E-state index in [0.29, 0.717) is 33.3 Å². The third-order valence-electron chi connectivity index (χ3n) is 4.22. The van der Waals surface area contributed by atoms with Crippen molar-refractivity contribution in [2.45, 2.75) is 0 Å². The van der Waals surface area contributed by atoms with E-state index in [1.165, 1.54) is 6.07 Å². The molecule has 134 valence electrons. The Bertz CT molecular complexity index is 1220. The highest BCUT2D eigenvalue weighted by atomic mass is 19.1. The maximum absolute atomic E-state index is 14.0. The largest absolute Gasteiger partial charge is 0.454 e. The lowest BCUT2D eigenvalue weighted by molar-refractivity contribution is 0.439. The van der Waals surface area contributed by atoms with Crippen LogP contribution < -0.4 is 16.0 Å². The number of halogens is 2. The molecule has 0 aliphatic rings. The van der Waals surface area contributed by atoms with Crippen molar-refractivity contribution in [1.29, 1.82) is 0 Å². The van der Waals surface area contributed by atoms with Gasteiger partial charge >= 0.3 is 0 Å². The van der Waals surface area contributed by atoms with Crippen LogP contribution in [0.5, 0.6) is 11.5 Å². The Morgan fingerprint density at radius 1 is 0.852 bits per heavy atom. The minimum atomic E-state index is -0.816. The normalized spacial score (nSPS) is 10.9. The highest BCUT2D eigenvalue weighted by molar-refractivity contribution is 5.97. The molecule has 0 atom stereocenters. The number of nitrogens with one attached hydrogen (secondary N) is 1. The summed E-state index contributed by atoms with van der Waals surface area (Å²) < 4.78 is 32.9. The van der Waals surface area contributed by atoms with E-state index in [9.17, 15) is 13.6 Å². The minimum Gasteiger partial charge on any atom is -0.454 e. The Labute approximate surface area is 152 Å². The second-order valence-electron chi connectivity index (χ2n) is 6.01. The summed E-state index contributed by atoms with van der Waals surface area (Å²) in [6.45, 7) is 0. The standard InChI is InChI=1S/C21H14F2N2O2/c22-12-5-7-20(18(23)9-12)27-19-8-6-13(24)10-16(19)17-11-25-21(26)15-4-2-1-3-14(15)17/h1-11H,24H2,(H,25,26). The molecular formula is C21H14F2N2O2. The zero-order chi connectivity index (χ0) is 19.0. The van der Waals surface area contributed by atoms with E-state index in [1.807, 2.05) is 12.1 Å². The van der Waals surface area contributed by atoms with Crippen LogP contribution in [0.25, 0.3) is 21.9 Å². The third kappa shape index (κ3) is 3.13. The summed E-state index contributed by atoms with van der Waals surface area (Å²) in [5, 5.41) is 1.22. The molecule has 1 heterocycles. The fourth-order valence-electron chi connectivity index (χ4n) is 2.96. The molecule has 0 aliphatic carbocycles. The molecule has 0 aliphatic heterocycles. The molecule has 27 heavy (non-hydrogen) atoms. The second kappa shape index (κ2) is 6.57. The van der Waals surface area contributed by atoms with Gasteiger partial charge in [0, 0.05) is 34.5 Å². The number of hydrogen-bond donors (Lipinski definition) is 2. The van der Waals surface area contributed by atoms with E-state index in [1.54, 1.807) is 36.5 Å². The number of fused-ring (bicyclic) bond motifs is 1. The van der Waals surface area contributed by atoms with Gasteiger partial charge in [-0.2, -0.15) is 0 Å². The lowest BCUT2D eigenvalue weighted by atomic mass is 9.99. The lowest BCUT2D eigenvalue weighted by Gasteiger charge is -2.14. The smallest absolute Gasteiger partial charge is 0.255 e. The molecule has 4 aromatic rings. The molecule has 0 fully saturated rings. The molecule has 3 N–H and O–H groups in total. The van der Waals surface area contributed by atoms with Crippen LogP contribution in [0.4, 0.5) is 14.5 Å². The average Bonchev–Trinajstić information content (AvgIpc) is 2.66. The average molecular weight is 364 g/mol. The number of anilines is 1. The van der Waals surface area contributed by atoms with E-state index in [0.717, 1.165) is 12.1 Å². The van der Waals surface area contributed by atoms with Crippen molar-refractivity contribution < 1.29 is 13.5 Å². The first kappa shape index (κ1) is 16.8. The fraction of sp³-hybridized carbons (Fsp3) is 0. The first-order chi connectivity index (χ1) is 13.0. The Morgan fingerprint density at radius 3 is 2.37 bits per heavy atom. The maximum Gasteiger partial charge on any atom is 0.255 e. The number of aromatic amines is 1. The van der Waals surface area contributed by atoms with Crippen molar-refractivity contribution in [2.24, 2.45) is 0 Å². The number of benzene rings is 3. The van der Waals surface area contributed by atoms with Gasteiger partial charge in [0.05, 0.1) is 0 Å². The van der Waals surface area contributed by atoms with Crippen LogP contribution in [0.15, 0.2) is 71.7 Å². The lowest BCUT2D eigenvalue weighted by Crippen LogP contribution is -2.06. The second-order valence-corrected chi connectivity index (χ2v) is 6.01. The summed E-state index contributed by atoms with van der Waals surface area (Å²) in [6.07, 6.45) is 1.56. The van der Waals surface area contributed by atoms with Gasteiger partial charge in [0.25, 0.3) is 5.56 Å². The van der Waals surface area contributed by atoms with Gasteiger partial charge < -0.3 is 15.5 Å². The molecule has 1 aromatic heterocycles. The molecule has 6 heteroatoms. The molecule has 3 aromatic carbocycles. The molecule has 4 nitrogen and oxygen atoms in total. The summed E-state index contributed by atoms with van der Waals surface area (Å²) in [7, 11) is 0. The summed E-state index contributed by atoms with van der Waals surface area (Å²) in [5.74, 6) is -1.30. The molecular weight excluding hydrogens is 350 g/mol. The van der Waals surface area contributed by atoms with Crippen molar-refractivity contribution in [2.75, 3.05) is 5.73 Å². The molecule has 0 saturated heterocycles. The third-order valence-corrected chi connectivity index (χ3v) is 4.22. The Kier molecular flexibility index (Phi) is 4.08. The Morgan fingerprint density at radius 2 is 1.59 bits per heavy atom. The summed E-state index contributed by atoms with van der Waals surface area (Å²) in [4.78, 5) is 14.8. The number of hydrogen-bond acceptors (Lipinski definition) is 3. The van der Waals surface area contributed by atoms with Crippen LogP contribution in [-0.2, 0) is 0 Å². The number of aromatic nitrogens is 1. The molecule has 0 amide bonds. The first-order valence-corrected chi connectivity index (χ1v) is 8.16.